The van der Waals surface area contributed by atoms with Crippen LogP contribution in [0.3, 0.4) is 0 Å². The van der Waals surface area contributed by atoms with Crippen LogP contribution in [0.4, 0.5) is 5.69 Å². The molecule has 0 aliphatic heterocycles. The summed E-state index contributed by atoms with van der Waals surface area (Å²) in [6.07, 6.45) is 3.39. The van der Waals surface area contributed by atoms with Crippen molar-refractivity contribution in [2.75, 3.05) is 23.7 Å². The van der Waals surface area contributed by atoms with Crippen LogP contribution < -0.4 is 9.62 Å². The molecule has 2 aromatic carbocycles. The fourth-order valence-electron chi connectivity index (χ4n) is 3.60. The summed E-state index contributed by atoms with van der Waals surface area (Å²) in [5, 5.41) is 3.55. The summed E-state index contributed by atoms with van der Waals surface area (Å²) in [6, 6.07) is 11.2. The third-order valence-electron chi connectivity index (χ3n) is 5.65. The largest absolute Gasteiger partial charge is 0.354 e. The van der Waals surface area contributed by atoms with E-state index in [2.05, 4.69) is 5.32 Å². The van der Waals surface area contributed by atoms with Crippen molar-refractivity contribution in [3.63, 3.8) is 0 Å². The summed E-state index contributed by atoms with van der Waals surface area (Å²) in [7, 11) is -3.78. The molecule has 0 bridgehead atoms. The highest BCUT2D eigenvalue weighted by atomic mass is 35.5. The van der Waals surface area contributed by atoms with Gasteiger partial charge in [0.2, 0.25) is 21.8 Å². The number of sulfonamides is 1. The Balaban J connectivity index is 2.41. The predicted molar refractivity (Wildman–Crippen MR) is 142 cm³/mol. The molecule has 192 valence electrons. The van der Waals surface area contributed by atoms with Gasteiger partial charge in [-0.2, -0.15) is 0 Å². The molecule has 1 N–H and O–H groups in total. The van der Waals surface area contributed by atoms with E-state index in [1.165, 1.54) is 4.90 Å². The van der Waals surface area contributed by atoms with Crippen molar-refractivity contribution in [2.45, 2.75) is 52.6 Å². The molecular weight excluding hydrogens is 509 g/mol. The van der Waals surface area contributed by atoms with Crippen molar-refractivity contribution in [3.8, 4) is 0 Å². The number of amides is 2. The van der Waals surface area contributed by atoms with Gasteiger partial charge in [0.05, 0.1) is 22.0 Å². The maximum absolute atomic E-state index is 13.6. The van der Waals surface area contributed by atoms with Gasteiger partial charge in [-0.05, 0) is 49.1 Å². The Labute approximate surface area is 218 Å². The lowest BCUT2D eigenvalue weighted by Gasteiger charge is -2.32. The number of anilines is 1. The monoisotopic (exact) mass is 541 g/mol. The maximum Gasteiger partial charge on any atom is 0.244 e. The molecule has 2 amide bonds. The third-order valence-corrected chi connectivity index (χ3v) is 7.52. The van der Waals surface area contributed by atoms with E-state index >= 15 is 0 Å². The fraction of sp³-hybridized carbons (Fsp3) is 0.440. The number of unbranched alkanes of at least 4 members (excludes halogenated alkanes) is 1. The van der Waals surface area contributed by atoms with Gasteiger partial charge in [0.1, 0.15) is 12.6 Å². The Morgan fingerprint density at radius 1 is 1.06 bits per heavy atom. The number of halogens is 2. The Kier molecular flexibility index (Phi) is 10.9. The van der Waals surface area contributed by atoms with E-state index in [4.69, 9.17) is 23.2 Å². The third kappa shape index (κ3) is 8.12. The number of aryl methyl sites for hydroxylation is 1. The molecular formula is C25H33Cl2N3O4S. The first kappa shape index (κ1) is 28.9. The van der Waals surface area contributed by atoms with Gasteiger partial charge >= 0.3 is 0 Å². The molecule has 2 rings (SSSR count). The van der Waals surface area contributed by atoms with Gasteiger partial charge < -0.3 is 10.2 Å². The lowest BCUT2D eigenvalue weighted by molar-refractivity contribution is -0.139. The Morgan fingerprint density at radius 2 is 1.74 bits per heavy atom. The number of hydrogen-bond donors (Lipinski definition) is 1. The van der Waals surface area contributed by atoms with E-state index in [0.29, 0.717) is 34.3 Å². The number of benzene rings is 2. The first-order chi connectivity index (χ1) is 16.5. The summed E-state index contributed by atoms with van der Waals surface area (Å²) >= 11 is 12.2. The van der Waals surface area contributed by atoms with Crippen molar-refractivity contribution in [3.05, 3.63) is 63.6 Å². The zero-order valence-corrected chi connectivity index (χ0v) is 22.9. The first-order valence-corrected chi connectivity index (χ1v) is 14.2. The highest BCUT2D eigenvalue weighted by Crippen LogP contribution is 2.26. The van der Waals surface area contributed by atoms with Crippen molar-refractivity contribution in [1.29, 1.82) is 0 Å². The number of hydrogen-bond acceptors (Lipinski definition) is 4. The van der Waals surface area contributed by atoms with Gasteiger partial charge in [-0.3, -0.25) is 13.9 Å². The van der Waals surface area contributed by atoms with E-state index in [1.54, 1.807) is 37.3 Å². The molecule has 0 heterocycles. The van der Waals surface area contributed by atoms with Crippen molar-refractivity contribution in [1.82, 2.24) is 10.2 Å². The highest BCUT2D eigenvalue weighted by Gasteiger charge is 2.30. The molecule has 0 saturated carbocycles. The minimum Gasteiger partial charge on any atom is -0.354 e. The molecule has 0 fully saturated rings. The molecule has 0 spiro atoms. The van der Waals surface area contributed by atoms with Gasteiger partial charge in [-0.25, -0.2) is 8.42 Å². The second-order valence-electron chi connectivity index (χ2n) is 8.34. The van der Waals surface area contributed by atoms with Gasteiger partial charge in [0.25, 0.3) is 0 Å². The van der Waals surface area contributed by atoms with Crippen molar-refractivity contribution in [2.24, 2.45) is 0 Å². The minimum absolute atomic E-state index is 0.0606. The van der Waals surface area contributed by atoms with E-state index in [0.717, 1.165) is 29.0 Å². The topological polar surface area (TPSA) is 86.8 Å². The summed E-state index contributed by atoms with van der Waals surface area (Å²) in [4.78, 5) is 27.8. The molecule has 0 aromatic heterocycles. The van der Waals surface area contributed by atoms with E-state index in [9.17, 15) is 18.0 Å². The standard InChI is InChI=1S/C25H33Cl2N3O4S/c1-5-7-14-28-25(32)18(3)29(16-19-12-13-21(26)22(27)15-19)24(31)17-30(35(4,33)34)23-11-9-8-10-20(23)6-2/h8-13,15,18H,5-7,14,16-17H2,1-4H3,(H,28,32)/t18-/m1/s1. The molecule has 0 unspecified atom stereocenters. The van der Waals surface area contributed by atoms with Crippen molar-refractivity contribution < 1.29 is 18.0 Å². The van der Waals surface area contributed by atoms with Crippen LogP contribution in [0, 0.1) is 0 Å². The second kappa shape index (κ2) is 13.1. The maximum atomic E-state index is 13.6. The number of para-hydroxylation sites is 1. The average Bonchev–Trinajstić information content (AvgIpc) is 2.82. The summed E-state index contributed by atoms with van der Waals surface area (Å²) < 4.78 is 26.5. The number of carbonyl (C=O) groups is 2. The molecule has 1 atom stereocenters. The van der Waals surface area contributed by atoms with E-state index < -0.39 is 28.5 Å². The Morgan fingerprint density at radius 3 is 2.34 bits per heavy atom. The normalized spacial score (nSPS) is 12.2. The first-order valence-electron chi connectivity index (χ1n) is 11.6. The van der Waals surface area contributed by atoms with Crippen LogP contribution in [0.5, 0.6) is 0 Å². The van der Waals surface area contributed by atoms with E-state index in [-0.39, 0.29) is 12.5 Å². The van der Waals surface area contributed by atoms with E-state index in [1.807, 2.05) is 26.0 Å². The Hall–Kier alpha value is -2.29. The number of rotatable bonds is 12. The lowest BCUT2D eigenvalue weighted by Crippen LogP contribution is -2.51. The fourth-order valence-corrected chi connectivity index (χ4v) is 4.80. The molecule has 2 aromatic rings. The lowest BCUT2D eigenvalue weighted by atomic mass is 10.1. The van der Waals surface area contributed by atoms with Crippen LogP contribution in [0.1, 0.15) is 44.7 Å². The van der Waals surface area contributed by atoms with Gasteiger partial charge in [-0.1, -0.05) is 67.7 Å². The zero-order valence-electron chi connectivity index (χ0n) is 20.6. The van der Waals surface area contributed by atoms with Crippen LogP contribution in [-0.4, -0.2) is 50.5 Å². The van der Waals surface area contributed by atoms with Gasteiger partial charge in [-0.15, -0.1) is 0 Å². The quantitative estimate of drug-likeness (QED) is 0.396. The number of carbonyl (C=O) groups excluding carboxylic acids is 2. The molecule has 0 aliphatic rings. The molecule has 0 aliphatic carbocycles. The molecule has 10 heteroatoms. The van der Waals surface area contributed by atoms with Crippen LogP contribution in [0.2, 0.25) is 10.0 Å². The summed E-state index contributed by atoms with van der Waals surface area (Å²) in [6.45, 7) is 5.67. The molecule has 0 radical (unpaired) electrons. The molecule has 0 saturated heterocycles. The summed E-state index contributed by atoms with van der Waals surface area (Å²) in [5.41, 5.74) is 1.91. The summed E-state index contributed by atoms with van der Waals surface area (Å²) in [5.74, 6) is -0.822. The van der Waals surface area contributed by atoms with Crippen LogP contribution in [-0.2, 0) is 32.6 Å². The average molecular weight is 543 g/mol. The van der Waals surface area contributed by atoms with Gasteiger partial charge in [0, 0.05) is 13.1 Å². The predicted octanol–water partition coefficient (Wildman–Crippen LogP) is 4.66. The smallest absolute Gasteiger partial charge is 0.244 e. The highest BCUT2D eigenvalue weighted by molar-refractivity contribution is 7.92. The van der Waals surface area contributed by atoms with Crippen LogP contribution in [0.15, 0.2) is 42.5 Å². The molecule has 7 nitrogen and oxygen atoms in total. The van der Waals surface area contributed by atoms with Gasteiger partial charge in [0.15, 0.2) is 0 Å². The van der Waals surface area contributed by atoms with Crippen molar-refractivity contribution >= 4 is 50.7 Å². The number of nitrogens with one attached hydrogen (secondary N) is 1. The van der Waals surface area contributed by atoms with Crippen LogP contribution >= 0.6 is 23.2 Å². The number of nitrogens with zero attached hydrogens (tertiary/aromatic N) is 2. The van der Waals surface area contributed by atoms with Crippen LogP contribution in [0.25, 0.3) is 0 Å². The minimum atomic E-state index is -3.78. The SMILES string of the molecule is CCCCNC(=O)[C@@H](C)N(Cc1ccc(Cl)c(Cl)c1)C(=O)CN(c1ccccc1CC)S(C)(=O)=O. The zero-order chi connectivity index (χ0) is 26.2. The Bertz CT molecular complexity index is 1140. The molecule has 35 heavy (non-hydrogen) atoms. The second-order valence-corrected chi connectivity index (χ2v) is 11.1.